The van der Waals surface area contributed by atoms with Gasteiger partial charge >= 0.3 is 5.69 Å². The van der Waals surface area contributed by atoms with Crippen molar-refractivity contribution in [3.05, 3.63) is 71.3 Å². The molecule has 0 aliphatic heterocycles. The molecule has 2 heterocycles. The predicted molar refractivity (Wildman–Crippen MR) is 78.8 cm³/mol. The van der Waals surface area contributed by atoms with Crippen LogP contribution in [0.15, 0.2) is 65.6 Å². The van der Waals surface area contributed by atoms with Crippen LogP contribution in [0.2, 0.25) is 0 Å². The monoisotopic (exact) mass is 261 g/mol. The Labute approximate surface area is 114 Å². The highest BCUT2D eigenvalue weighted by Gasteiger charge is 2.10. The molecule has 0 radical (unpaired) electrons. The third-order valence-electron chi connectivity index (χ3n) is 3.42. The van der Waals surface area contributed by atoms with Crippen LogP contribution in [0.4, 0.5) is 0 Å². The van der Waals surface area contributed by atoms with Crippen LogP contribution in [0.1, 0.15) is 0 Å². The van der Waals surface area contributed by atoms with Gasteiger partial charge in [-0.3, -0.25) is 9.38 Å². The summed E-state index contributed by atoms with van der Waals surface area (Å²) in [5, 5.41) is 2.09. The van der Waals surface area contributed by atoms with E-state index < -0.39 is 0 Å². The zero-order valence-corrected chi connectivity index (χ0v) is 10.6. The largest absolute Gasteiger partial charge is 0.348 e. The minimum Gasteiger partial charge on any atom is -0.291 e. The lowest BCUT2D eigenvalue weighted by Gasteiger charge is -2.04. The molecule has 0 bridgehead atoms. The van der Waals surface area contributed by atoms with Gasteiger partial charge in [-0.15, -0.1) is 0 Å². The highest BCUT2D eigenvalue weighted by molar-refractivity contribution is 5.95. The zero-order chi connectivity index (χ0) is 13.5. The van der Waals surface area contributed by atoms with Crippen LogP contribution in [0.5, 0.6) is 0 Å². The molecule has 0 amide bonds. The normalized spacial score (nSPS) is 11.2. The topological polar surface area (TPSA) is 50.2 Å². The highest BCUT2D eigenvalue weighted by atomic mass is 16.1. The average Bonchev–Trinajstić information content (AvgIpc) is 2.86. The van der Waals surface area contributed by atoms with E-state index in [4.69, 9.17) is 0 Å². The summed E-state index contributed by atoms with van der Waals surface area (Å²) in [6, 6.07) is 17.7. The maximum atomic E-state index is 11.8. The minimum atomic E-state index is -0.333. The van der Waals surface area contributed by atoms with Gasteiger partial charge in [-0.1, -0.05) is 54.6 Å². The molecule has 4 nitrogen and oxygen atoms in total. The van der Waals surface area contributed by atoms with E-state index in [2.05, 4.69) is 9.97 Å². The van der Waals surface area contributed by atoms with Crippen LogP contribution in [-0.2, 0) is 0 Å². The number of benzene rings is 2. The Hall–Kier alpha value is -2.88. The molecular formula is C16H11N3O. The van der Waals surface area contributed by atoms with Gasteiger partial charge in [0.1, 0.15) is 5.65 Å². The van der Waals surface area contributed by atoms with Crippen molar-refractivity contribution in [3.63, 3.8) is 0 Å². The predicted octanol–water partition coefficient (Wildman–Crippen LogP) is 2.84. The first kappa shape index (κ1) is 11.0. The number of hydrogen-bond donors (Lipinski definition) is 1. The first-order valence-corrected chi connectivity index (χ1v) is 6.38. The molecule has 0 saturated heterocycles. The van der Waals surface area contributed by atoms with Crippen molar-refractivity contribution >= 4 is 16.4 Å². The molecule has 0 saturated carbocycles. The molecule has 2 aromatic heterocycles. The molecule has 2 aromatic carbocycles. The zero-order valence-electron chi connectivity index (χ0n) is 10.6. The van der Waals surface area contributed by atoms with Crippen molar-refractivity contribution in [2.45, 2.75) is 0 Å². The highest BCUT2D eigenvalue weighted by Crippen LogP contribution is 2.23. The van der Waals surface area contributed by atoms with E-state index in [1.165, 1.54) is 0 Å². The molecule has 1 N–H and O–H groups in total. The number of H-pyrrole nitrogens is 1. The Kier molecular flexibility index (Phi) is 2.23. The number of nitrogens with one attached hydrogen (secondary N) is 1. The molecule has 20 heavy (non-hydrogen) atoms. The molecule has 0 spiro atoms. The molecule has 0 aliphatic carbocycles. The Bertz CT molecular complexity index is 967. The van der Waals surface area contributed by atoms with Gasteiger partial charge in [-0.2, -0.15) is 4.98 Å². The number of rotatable bonds is 1. The quantitative estimate of drug-likeness (QED) is 0.573. The second kappa shape index (κ2) is 4.06. The van der Waals surface area contributed by atoms with Gasteiger partial charge in [0, 0.05) is 22.5 Å². The fourth-order valence-electron chi connectivity index (χ4n) is 2.52. The van der Waals surface area contributed by atoms with Gasteiger partial charge in [-0.25, -0.2) is 4.79 Å². The SMILES string of the molecule is O=c1nc(-c2ccccc2)n2cc3ccccc3c2[nH]1. The van der Waals surface area contributed by atoms with E-state index in [0.29, 0.717) is 5.82 Å². The molecule has 4 heteroatoms. The van der Waals surface area contributed by atoms with Crippen molar-refractivity contribution < 1.29 is 0 Å². The van der Waals surface area contributed by atoms with Gasteiger partial charge < -0.3 is 0 Å². The number of nitrogens with zero attached hydrogens (tertiary/aromatic N) is 2. The fraction of sp³-hybridized carbons (Fsp3) is 0. The third-order valence-corrected chi connectivity index (χ3v) is 3.42. The second-order valence-electron chi connectivity index (χ2n) is 4.67. The summed E-state index contributed by atoms with van der Waals surface area (Å²) in [7, 11) is 0. The molecule has 0 atom stereocenters. The van der Waals surface area contributed by atoms with Crippen LogP contribution in [0, 0.1) is 0 Å². The van der Waals surface area contributed by atoms with E-state index in [1.807, 2.05) is 65.2 Å². The molecular weight excluding hydrogens is 250 g/mol. The summed E-state index contributed by atoms with van der Waals surface area (Å²) < 4.78 is 1.93. The molecule has 4 rings (SSSR count). The molecule has 0 unspecified atom stereocenters. The Balaban J connectivity index is 2.19. The lowest BCUT2D eigenvalue weighted by molar-refractivity contribution is 0.992. The van der Waals surface area contributed by atoms with Crippen LogP contribution in [0.25, 0.3) is 27.8 Å². The number of hydrogen-bond acceptors (Lipinski definition) is 2. The summed E-state index contributed by atoms with van der Waals surface area (Å²) in [4.78, 5) is 18.8. The van der Waals surface area contributed by atoms with Crippen molar-refractivity contribution in [2.24, 2.45) is 0 Å². The molecule has 96 valence electrons. The van der Waals surface area contributed by atoms with Crippen LogP contribution in [-0.4, -0.2) is 14.4 Å². The van der Waals surface area contributed by atoms with Crippen molar-refractivity contribution in [3.8, 4) is 11.4 Å². The summed E-state index contributed by atoms with van der Waals surface area (Å²) in [5.41, 5.74) is 1.36. The Morgan fingerprint density at radius 3 is 2.55 bits per heavy atom. The summed E-state index contributed by atoms with van der Waals surface area (Å²) in [5.74, 6) is 0.653. The van der Waals surface area contributed by atoms with Crippen LogP contribution < -0.4 is 5.69 Å². The average molecular weight is 261 g/mol. The van der Waals surface area contributed by atoms with Gasteiger partial charge in [0.25, 0.3) is 0 Å². The number of aromatic amines is 1. The van der Waals surface area contributed by atoms with E-state index >= 15 is 0 Å². The van der Waals surface area contributed by atoms with Crippen molar-refractivity contribution in [2.75, 3.05) is 0 Å². The first-order chi connectivity index (χ1) is 9.83. The van der Waals surface area contributed by atoms with Crippen LogP contribution >= 0.6 is 0 Å². The molecule has 0 aliphatic rings. The molecule has 4 aromatic rings. The molecule has 0 fully saturated rings. The van der Waals surface area contributed by atoms with E-state index in [-0.39, 0.29) is 5.69 Å². The number of aromatic nitrogens is 3. The lowest BCUT2D eigenvalue weighted by Crippen LogP contribution is -2.14. The van der Waals surface area contributed by atoms with Gasteiger partial charge in [0.2, 0.25) is 0 Å². The minimum absolute atomic E-state index is 0.333. The summed E-state index contributed by atoms with van der Waals surface area (Å²) in [6.07, 6.45) is 2.00. The fourth-order valence-corrected chi connectivity index (χ4v) is 2.52. The maximum absolute atomic E-state index is 11.8. The van der Waals surface area contributed by atoms with E-state index in [0.717, 1.165) is 22.0 Å². The number of fused-ring (bicyclic) bond motifs is 3. The van der Waals surface area contributed by atoms with E-state index in [1.54, 1.807) is 0 Å². The Morgan fingerprint density at radius 2 is 1.70 bits per heavy atom. The lowest BCUT2D eigenvalue weighted by atomic mass is 10.2. The summed E-state index contributed by atoms with van der Waals surface area (Å²) >= 11 is 0. The van der Waals surface area contributed by atoms with Gasteiger partial charge in [-0.05, 0) is 0 Å². The smallest absolute Gasteiger partial charge is 0.291 e. The third kappa shape index (κ3) is 1.55. The maximum Gasteiger partial charge on any atom is 0.348 e. The summed E-state index contributed by atoms with van der Waals surface area (Å²) in [6.45, 7) is 0. The second-order valence-corrected chi connectivity index (χ2v) is 4.67. The first-order valence-electron chi connectivity index (χ1n) is 6.38. The van der Waals surface area contributed by atoms with Crippen LogP contribution in [0.3, 0.4) is 0 Å². The van der Waals surface area contributed by atoms with Gasteiger partial charge in [0.15, 0.2) is 5.82 Å². The standard InChI is InChI=1S/C16H11N3O/c20-16-17-14(11-6-2-1-3-7-11)19-10-12-8-4-5-9-13(12)15(19)18-16/h1-10H,(H,18,20). The van der Waals surface area contributed by atoms with Crippen molar-refractivity contribution in [1.29, 1.82) is 0 Å². The Morgan fingerprint density at radius 1 is 0.950 bits per heavy atom. The van der Waals surface area contributed by atoms with Gasteiger partial charge in [0.05, 0.1) is 0 Å². The van der Waals surface area contributed by atoms with E-state index in [9.17, 15) is 4.79 Å². The van der Waals surface area contributed by atoms with Crippen molar-refractivity contribution in [1.82, 2.24) is 14.4 Å².